The topological polar surface area (TPSA) is 92.6 Å². The second-order valence-electron chi connectivity index (χ2n) is 5.85. The van der Waals surface area contributed by atoms with Crippen LogP contribution in [0.5, 0.6) is 0 Å². The smallest absolute Gasteiger partial charge is 0.288 e. The molecule has 0 aliphatic carbocycles. The predicted octanol–water partition coefficient (Wildman–Crippen LogP) is 4.38. The van der Waals surface area contributed by atoms with Crippen molar-refractivity contribution >= 4 is 40.9 Å². The molecule has 28 heavy (non-hydrogen) atoms. The zero-order valence-corrected chi connectivity index (χ0v) is 16.3. The van der Waals surface area contributed by atoms with Crippen LogP contribution in [0.1, 0.15) is 29.8 Å². The van der Waals surface area contributed by atoms with Crippen LogP contribution in [-0.4, -0.2) is 34.7 Å². The summed E-state index contributed by atoms with van der Waals surface area (Å²) in [6, 6.07) is 10.9. The minimum Gasteiger partial charge on any atom is -0.339 e. The molecule has 0 fully saturated rings. The second kappa shape index (κ2) is 9.66. The molecule has 0 aliphatic heterocycles. The van der Waals surface area contributed by atoms with E-state index in [1.54, 1.807) is 35.2 Å². The quantitative estimate of drug-likeness (QED) is 0.423. The van der Waals surface area contributed by atoms with Gasteiger partial charge >= 0.3 is 0 Å². The minimum atomic E-state index is -0.585. The van der Waals surface area contributed by atoms with Crippen LogP contribution in [0.15, 0.2) is 48.5 Å². The average molecular weight is 402 g/mol. The molecule has 2 amide bonds. The normalized spacial score (nSPS) is 10.7. The fraction of sp³-hybridized carbons (Fsp3) is 0.200. The molecule has 0 atom stereocenters. The van der Waals surface area contributed by atoms with Crippen molar-refractivity contribution in [2.45, 2.75) is 13.8 Å². The van der Waals surface area contributed by atoms with Gasteiger partial charge in [-0.2, -0.15) is 0 Å². The molecule has 0 saturated carbocycles. The highest BCUT2D eigenvalue weighted by molar-refractivity contribution is 6.32. The summed E-state index contributed by atoms with van der Waals surface area (Å²) < 4.78 is 0. The lowest BCUT2D eigenvalue weighted by molar-refractivity contribution is -0.384. The summed E-state index contributed by atoms with van der Waals surface area (Å²) in [6.07, 6.45) is 2.70. The Morgan fingerprint density at radius 3 is 2.54 bits per heavy atom. The van der Waals surface area contributed by atoms with Crippen LogP contribution in [0.4, 0.5) is 11.4 Å². The Morgan fingerprint density at radius 2 is 1.89 bits per heavy atom. The summed E-state index contributed by atoms with van der Waals surface area (Å²) >= 11 is 5.77. The molecule has 0 unspecified atom stereocenters. The van der Waals surface area contributed by atoms with Gasteiger partial charge in [0.2, 0.25) is 5.91 Å². The molecule has 0 spiro atoms. The van der Waals surface area contributed by atoms with Gasteiger partial charge in [-0.1, -0.05) is 23.7 Å². The van der Waals surface area contributed by atoms with Gasteiger partial charge in [-0.05, 0) is 49.8 Å². The third kappa shape index (κ3) is 5.40. The Labute approximate surface area is 167 Å². The third-order valence-electron chi connectivity index (χ3n) is 4.02. The molecule has 0 aliphatic rings. The zero-order chi connectivity index (χ0) is 20.7. The first-order valence-electron chi connectivity index (χ1n) is 8.68. The van der Waals surface area contributed by atoms with Gasteiger partial charge in [-0.15, -0.1) is 0 Å². The molecule has 2 rings (SSSR count). The molecule has 0 bridgehead atoms. The summed E-state index contributed by atoms with van der Waals surface area (Å²) in [5.41, 5.74) is 1.21. The molecule has 7 nitrogen and oxygen atoms in total. The fourth-order valence-electron chi connectivity index (χ4n) is 2.55. The van der Waals surface area contributed by atoms with Crippen molar-refractivity contribution < 1.29 is 14.5 Å². The number of nitro groups is 1. The lowest BCUT2D eigenvalue weighted by Gasteiger charge is -2.18. The molecular formula is C20H20ClN3O4. The largest absolute Gasteiger partial charge is 0.339 e. The Hall–Kier alpha value is -3.19. The molecule has 2 aromatic carbocycles. The molecular weight excluding hydrogens is 382 g/mol. The van der Waals surface area contributed by atoms with Crippen LogP contribution in [-0.2, 0) is 4.79 Å². The van der Waals surface area contributed by atoms with E-state index in [0.29, 0.717) is 29.9 Å². The number of nitrogens with one attached hydrogen (secondary N) is 1. The Bertz CT molecular complexity index is 923. The van der Waals surface area contributed by atoms with Gasteiger partial charge in [0.25, 0.3) is 11.6 Å². The van der Waals surface area contributed by atoms with Crippen molar-refractivity contribution in [2.24, 2.45) is 0 Å². The first-order chi connectivity index (χ1) is 13.3. The highest BCUT2D eigenvalue weighted by Crippen LogP contribution is 2.25. The lowest BCUT2D eigenvalue weighted by atomic mass is 10.1. The van der Waals surface area contributed by atoms with E-state index >= 15 is 0 Å². The first kappa shape index (κ1) is 21.1. The summed E-state index contributed by atoms with van der Waals surface area (Å²) in [7, 11) is 0. The first-order valence-corrected chi connectivity index (χ1v) is 9.05. The Morgan fingerprint density at radius 1 is 1.18 bits per heavy atom. The van der Waals surface area contributed by atoms with E-state index in [1.807, 2.05) is 13.8 Å². The number of rotatable bonds is 7. The predicted molar refractivity (Wildman–Crippen MR) is 109 cm³/mol. The molecule has 0 radical (unpaired) electrons. The highest BCUT2D eigenvalue weighted by Gasteiger charge is 2.13. The van der Waals surface area contributed by atoms with Crippen molar-refractivity contribution in [3.05, 3.63) is 74.8 Å². The van der Waals surface area contributed by atoms with E-state index in [-0.39, 0.29) is 16.6 Å². The van der Waals surface area contributed by atoms with E-state index in [4.69, 9.17) is 11.6 Å². The van der Waals surface area contributed by atoms with Crippen LogP contribution < -0.4 is 5.32 Å². The number of nitro benzene ring substituents is 1. The number of carbonyl (C=O) groups is 2. The van der Waals surface area contributed by atoms with Gasteiger partial charge in [0.1, 0.15) is 5.02 Å². The van der Waals surface area contributed by atoms with E-state index in [2.05, 4.69) is 5.32 Å². The van der Waals surface area contributed by atoms with Crippen molar-refractivity contribution in [1.29, 1.82) is 0 Å². The number of anilines is 1. The highest BCUT2D eigenvalue weighted by atomic mass is 35.5. The third-order valence-corrected chi connectivity index (χ3v) is 4.34. The second-order valence-corrected chi connectivity index (χ2v) is 6.26. The van der Waals surface area contributed by atoms with Crippen LogP contribution in [0.2, 0.25) is 5.02 Å². The number of hydrogen-bond acceptors (Lipinski definition) is 4. The monoisotopic (exact) mass is 401 g/mol. The Kier molecular flexibility index (Phi) is 7.28. The number of carbonyl (C=O) groups excluding carboxylic acids is 2. The minimum absolute atomic E-state index is 0.0290. The standard InChI is InChI=1S/C20H20ClN3O4/c1-3-23(4-2)20(26)15-6-5-7-16(13-15)22-19(25)11-9-14-8-10-17(21)18(12-14)24(27)28/h5-13H,3-4H2,1-2H3,(H,22,25). The van der Waals surface area contributed by atoms with E-state index in [9.17, 15) is 19.7 Å². The maximum absolute atomic E-state index is 12.4. The van der Waals surface area contributed by atoms with Crippen molar-refractivity contribution in [3.63, 3.8) is 0 Å². The molecule has 2 aromatic rings. The van der Waals surface area contributed by atoms with Crippen molar-refractivity contribution in [3.8, 4) is 0 Å². The number of amides is 2. The van der Waals surface area contributed by atoms with Gasteiger partial charge in [0.15, 0.2) is 0 Å². The average Bonchev–Trinajstić information content (AvgIpc) is 2.68. The van der Waals surface area contributed by atoms with Crippen molar-refractivity contribution in [2.75, 3.05) is 18.4 Å². The SMILES string of the molecule is CCN(CC)C(=O)c1cccc(NC(=O)C=Cc2ccc(Cl)c([N+](=O)[O-])c2)c1. The number of hydrogen-bond donors (Lipinski definition) is 1. The van der Waals surface area contributed by atoms with Gasteiger partial charge < -0.3 is 10.2 Å². The summed E-state index contributed by atoms with van der Waals surface area (Å²) in [6.45, 7) is 5.00. The molecule has 146 valence electrons. The maximum Gasteiger partial charge on any atom is 0.288 e. The van der Waals surface area contributed by atoms with Crippen LogP contribution in [0, 0.1) is 10.1 Å². The van der Waals surface area contributed by atoms with Gasteiger partial charge in [-0.25, -0.2) is 0 Å². The van der Waals surface area contributed by atoms with E-state index in [1.165, 1.54) is 24.3 Å². The summed E-state index contributed by atoms with van der Waals surface area (Å²) in [5.74, 6) is -0.532. The molecule has 0 saturated heterocycles. The van der Waals surface area contributed by atoms with Crippen LogP contribution in [0.25, 0.3) is 6.08 Å². The number of benzene rings is 2. The lowest BCUT2D eigenvalue weighted by Crippen LogP contribution is -2.30. The number of nitrogens with zero attached hydrogens (tertiary/aromatic N) is 2. The zero-order valence-electron chi connectivity index (χ0n) is 15.5. The number of halogens is 1. The molecule has 0 aromatic heterocycles. The van der Waals surface area contributed by atoms with Gasteiger partial charge in [0, 0.05) is 36.5 Å². The summed E-state index contributed by atoms with van der Waals surface area (Å²) in [5, 5.41) is 13.6. The van der Waals surface area contributed by atoms with Gasteiger partial charge in [0.05, 0.1) is 4.92 Å². The van der Waals surface area contributed by atoms with Gasteiger partial charge in [-0.3, -0.25) is 19.7 Å². The maximum atomic E-state index is 12.4. The van der Waals surface area contributed by atoms with E-state index in [0.717, 1.165) is 0 Å². The van der Waals surface area contributed by atoms with Crippen LogP contribution in [0.3, 0.4) is 0 Å². The molecule has 0 heterocycles. The fourth-order valence-corrected chi connectivity index (χ4v) is 2.74. The Balaban J connectivity index is 2.10. The van der Waals surface area contributed by atoms with Crippen LogP contribution >= 0.6 is 11.6 Å². The van der Waals surface area contributed by atoms with Crippen molar-refractivity contribution in [1.82, 2.24) is 4.90 Å². The summed E-state index contributed by atoms with van der Waals surface area (Å²) in [4.78, 5) is 36.6. The molecule has 8 heteroatoms. The van der Waals surface area contributed by atoms with E-state index < -0.39 is 10.8 Å². The molecule has 1 N–H and O–H groups in total.